The average Bonchev–Trinajstić information content (AvgIpc) is 2.44. The highest BCUT2D eigenvalue weighted by atomic mass is 32.2. The van der Waals surface area contributed by atoms with Crippen LogP contribution in [-0.4, -0.2) is 36.4 Å². The van der Waals surface area contributed by atoms with Gasteiger partial charge in [-0.3, -0.25) is 4.79 Å². The molecule has 116 valence electrons. The van der Waals surface area contributed by atoms with Gasteiger partial charge in [0.15, 0.2) is 0 Å². The lowest BCUT2D eigenvalue weighted by molar-refractivity contribution is -0.137. The largest absolute Gasteiger partial charge is 0.481 e. The van der Waals surface area contributed by atoms with Crippen LogP contribution in [0.2, 0.25) is 0 Å². The van der Waals surface area contributed by atoms with Gasteiger partial charge in [0.05, 0.1) is 0 Å². The van der Waals surface area contributed by atoms with Gasteiger partial charge in [-0.15, -0.1) is 0 Å². The SMILES string of the molecule is CC(CCC(=O)O)NS(=O)(=O)N1CCc2ccccc2C1. The van der Waals surface area contributed by atoms with Crippen LogP contribution in [0, 0.1) is 0 Å². The number of hydrogen-bond donors (Lipinski definition) is 2. The van der Waals surface area contributed by atoms with Gasteiger partial charge >= 0.3 is 5.97 Å². The molecule has 2 N–H and O–H groups in total. The molecule has 1 aromatic rings. The number of nitrogens with zero attached hydrogens (tertiary/aromatic N) is 1. The second-order valence-electron chi connectivity index (χ2n) is 5.31. The molecule has 1 aliphatic rings. The van der Waals surface area contributed by atoms with Crippen LogP contribution in [-0.2, 0) is 28.0 Å². The monoisotopic (exact) mass is 312 g/mol. The maximum Gasteiger partial charge on any atom is 0.303 e. The lowest BCUT2D eigenvalue weighted by Gasteiger charge is -2.29. The summed E-state index contributed by atoms with van der Waals surface area (Å²) in [5.41, 5.74) is 2.20. The summed E-state index contributed by atoms with van der Waals surface area (Å²) in [7, 11) is -3.58. The standard InChI is InChI=1S/C14H20N2O4S/c1-11(6-7-14(17)18)15-21(19,20)16-9-8-12-4-2-3-5-13(12)10-16/h2-5,11,15H,6-10H2,1H3,(H,17,18). The average molecular weight is 312 g/mol. The fraction of sp³-hybridized carbons (Fsp3) is 0.500. The zero-order chi connectivity index (χ0) is 15.5. The summed E-state index contributed by atoms with van der Waals surface area (Å²) in [6.45, 7) is 2.48. The molecule has 0 saturated heterocycles. The van der Waals surface area contributed by atoms with Gasteiger partial charge in [0.25, 0.3) is 10.2 Å². The molecule has 0 aromatic heterocycles. The number of nitrogens with one attached hydrogen (secondary N) is 1. The van der Waals surface area contributed by atoms with Gasteiger partial charge in [0.1, 0.15) is 0 Å². The van der Waals surface area contributed by atoms with E-state index in [9.17, 15) is 13.2 Å². The fourth-order valence-electron chi connectivity index (χ4n) is 2.40. The fourth-order valence-corrected chi connectivity index (χ4v) is 3.82. The third-order valence-electron chi connectivity index (χ3n) is 3.58. The Labute approximate surface area is 125 Å². The molecule has 0 amide bonds. The van der Waals surface area contributed by atoms with Crippen molar-refractivity contribution in [2.75, 3.05) is 6.54 Å². The molecule has 7 heteroatoms. The number of benzene rings is 1. The van der Waals surface area contributed by atoms with Gasteiger partial charge in [-0.2, -0.15) is 17.4 Å². The Kier molecular flexibility index (Phi) is 4.97. The number of aliphatic carboxylic acids is 1. The van der Waals surface area contributed by atoms with Gasteiger partial charge in [-0.05, 0) is 30.9 Å². The molecule has 21 heavy (non-hydrogen) atoms. The zero-order valence-electron chi connectivity index (χ0n) is 11.9. The third-order valence-corrected chi connectivity index (χ3v) is 5.27. The van der Waals surface area contributed by atoms with Gasteiger partial charge in [0.2, 0.25) is 0 Å². The van der Waals surface area contributed by atoms with Crippen LogP contribution in [0.1, 0.15) is 30.9 Å². The van der Waals surface area contributed by atoms with E-state index in [1.165, 1.54) is 9.87 Å². The summed E-state index contributed by atoms with van der Waals surface area (Å²) in [5.74, 6) is -0.923. The molecule has 0 spiro atoms. The molecule has 1 heterocycles. The van der Waals surface area contributed by atoms with E-state index in [1.807, 2.05) is 24.3 Å². The Morgan fingerprint density at radius 3 is 2.71 bits per heavy atom. The van der Waals surface area contributed by atoms with Gasteiger partial charge < -0.3 is 5.11 Å². The summed E-state index contributed by atoms with van der Waals surface area (Å²) in [6, 6.07) is 7.41. The molecule has 0 radical (unpaired) electrons. The molecule has 0 fully saturated rings. The second-order valence-corrected chi connectivity index (χ2v) is 7.01. The number of fused-ring (bicyclic) bond motifs is 1. The van der Waals surface area contributed by atoms with Crippen molar-refractivity contribution < 1.29 is 18.3 Å². The summed E-state index contributed by atoms with van der Waals surface area (Å²) in [4.78, 5) is 10.5. The second kappa shape index (κ2) is 6.55. The number of carboxylic acid groups (broad SMARTS) is 1. The maximum absolute atomic E-state index is 12.3. The molecule has 1 atom stereocenters. The summed E-state index contributed by atoms with van der Waals surface area (Å²) >= 11 is 0. The van der Waals surface area contributed by atoms with Crippen molar-refractivity contribution in [1.82, 2.24) is 9.03 Å². The first-order chi connectivity index (χ1) is 9.88. The normalized spacial score (nSPS) is 17.2. The van der Waals surface area contributed by atoms with Crippen LogP contribution in [0.3, 0.4) is 0 Å². The Balaban J connectivity index is 1.99. The smallest absolute Gasteiger partial charge is 0.303 e. The van der Waals surface area contributed by atoms with Crippen LogP contribution < -0.4 is 4.72 Å². The highest BCUT2D eigenvalue weighted by Crippen LogP contribution is 2.20. The highest BCUT2D eigenvalue weighted by Gasteiger charge is 2.27. The molecule has 0 saturated carbocycles. The molecule has 2 rings (SSSR count). The van der Waals surface area contributed by atoms with Crippen molar-refractivity contribution in [3.05, 3.63) is 35.4 Å². The van der Waals surface area contributed by atoms with Gasteiger partial charge in [-0.25, -0.2) is 0 Å². The number of hydrogen-bond acceptors (Lipinski definition) is 3. The minimum atomic E-state index is -3.58. The first-order valence-electron chi connectivity index (χ1n) is 6.94. The van der Waals surface area contributed by atoms with E-state index in [1.54, 1.807) is 6.92 Å². The minimum Gasteiger partial charge on any atom is -0.481 e. The van der Waals surface area contributed by atoms with Crippen molar-refractivity contribution in [2.24, 2.45) is 0 Å². The summed E-state index contributed by atoms with van der Waals surface area (Å²) in [6.07, 6.45) is 0.923. The number of rotatable bonds is 6. The van der Waals surface area contributed by atoms with Crippen molar-refractivity contribution in [1.29, 1.82) is 0 Å². The molecule has 1 aliphatic heterocycles. The Morgan fingerprint density at radius 2 is 2.05 bits per heavy atom. The van der Waals surface area contributed by atoms with E-state index in [0.29, 0.717) is 19.5 Å². The highest BCUT2D eigenvalue weighted by molar-refractivity contribution is 7.87. The number of carboxylic acids is 1. The lowest BCUT2D eigenvalue weighted by Crippen LogP contribution is -2.46. The molecular weight excluding hydrogens is 292 g/mol. The van der Waals surface area contributed by atoms with Crippen LogP contribution in [0.4, 0.5) is 0 Å². The van der Waals surface area contributed by atoms with E-state index >= 15 is 0 Å². The lowest BCUT2D eigenvalue weighted by atomic mass is 10.0. The van der Waals surface area contributed by atoms with Crippen molar-refractivity contribution in [3.8, 4) is 0 Å². The molecule has 6 nitrogen and oxygen atoms in total. The van der Waals surface area contributed by atoms with Crippen molar-refractivity contribution in [3.63, 3.8) is 0 Å². The van der Waals surface area contributed by atoms with Crippen LogP contribution >= 0.6 is 0 Å². The third kappa shape index (κ3) is 4.26. The van der Waals surface area contributed by atoms with E-state index < -0.39 is 22.2 Å². The summed E-state index contributed by atoms with van der Waals surface area (Å²) < 4.78 is 28.6. The molecule has 1 unspecified atom stereocenters. The van der Waals surface area contributed by atoms with Crippen LogP contribution in [0.25, 0.3) is 0 Å². The quantitative estimate of drug-likeness (QED) is 0.824. The van der Waals surface area contributed by atoms with E-state index in [0.717, 1.165) is 5.56 Å². The molecule has 0 bridgehead atoms. The minimum absolute atomic E-state index is 0.0491. The predicted octanol–water partition coefficient (Wildman–Crippen LogP) is 1.13. The summed E-state index contributed by atoms with van der Waals surface area (Å²) in [5, 5.41) is 8.63. The maximum atomic E-state index is 12.3. The molecule has 1 aromatic carbocycles. The molecular formula is C14H20N2O4S. The Bertz CT molecular complexity index is 615. The topological polar surface area (TPSA) is 86.7 Å². The van der Waals surface area contributed by atoms with E-state index in [2.05, 4.69) is 4.72 Å². The first-order valence-corrected chi connectivity index (χ1v) is 8.38. The Hall–Kier alpha value is -1.44. The number of carbonyl (C=O) groups is 1. The van der Waals surface area contributed by atoms with Crippen LogP contribution in [0.15, 0.2) is 24.3 Å². The zero-order valence-corrected chi connectivity index (χ0v) is 12.8. The van der Waals surface area contributed by atoms with Crippen molar-refractivity contribution >= 4 is 16.2 Å². The van der Waals surface area contributed by atoms with Crippen LogP contribution in [0.5, 0.6) is 0 Å². The molecule has 0 aliphatic carbocycles. The van der Waals surface area contributed by atoms with E-state index in [4.69, 9.17) is 5.11 Å². The van der Waals surface area contributed by atoms with Gasteiger partial charge in [0, 0.05) is 25.6 Å². The first kappa shape index (κ1) is 15.9. The van der Waals surface area contributed by atoms with Gasteiger partial charge in [-0.1, -0.05) is 24.3 Å². The van der Waals surface area contributed by atoms with Crippen molar-refractivity contribution in [2.45, 2.75) is 38.8 Å². The van der Waals surface area contributed by atoms with E-state index in [-0.39, 0.29) is 12.8 Å². The predicted molar refractivity (Wildman–Crippen MR) is 78.9 cm³/mol. The Morgan fingerprint density at radius 1 is 1.38 bits per heavy atom.